The summed E-state index contributed by atoms with van der Waals surface area (Å²) in [7, 11) is 3.08. The Kier molecular flexibility index (Phi) is 3.31. The van der Waals surface area contributed by atoms with Crippen LogP contribution in [0.4, 0.5) is 0 Å². The molecule has 1 heterocycles. The van der Waals surface area contributed by atoms with Crippen LogP contribution in [0.5, 0.6) is 11.5 Å². The van der Waals surface area contributed by atoms with Crippen molar-refractivity contribution in [2.45, 2.75) is 0 Å². The average Bonchev–Trinajstić information content (AvgIpc) is 2.55. The van der Waals surface area contributed by atoms with Crippen LogP contribution in [0, 0.1) is 0 Å². The van der Waals surface area contributed by atoms with Gasteiger partial charge in [0.05, 0.1) is 19.9 Å². The van der Waals surface area contributed by atoms with Crippen LogP contribution >= 0.6 is 0 Å². The van der Waals surface area contributed by atoms with Crippen molar-refractivity contribution in [2.75, 3.05) is 14.2 Å². The highest BCUT2D eigenvalue weighted by Gasteiger charge is 2.14. The zero-order valence-corrected chi connectivity index (χ0v) is 11.7. The van der Waals surface area contributed by atoms with Gasteiger partial charge in [-0.3, -0.25) is 9.36 Å². The fraction of sp³-hybridized carbons (Fsp3) is 0.125. The molecule has 0 aliphatic heterocycles. The predicted molar refractivity (Wildman–Crippen MR) is 80.4 cm³/mol. The SMILES string of the molecule is COc1ccc(OC)c2c(=O)n(-c3ccccc3)cnc12. The van der Waals surface area contributed by atoms with Crippen LogP contribution < -0.4 is 15.0 Å². The zero-order chi connectivity index (χ0) is 14.8. The maximum Gasteiger partial charge on any atom is 0.269 e. The molecule has 2 aromatic carbocycles. The van der Waals surface area contributed by atoms with Crippen molar-refractivity contribution in [3.05, 3.63) is 59.1 Å². The molecule has 0 atom stereocenters. The van der Waals surface area contributed by atoms with E-state index in [2.05, 4.69) is 4.98 Å². The van der Waals surface area contributed by atoms with Gasteiger partial charge in [-0.1, -0.05) is 18.2 Å². The lowest BCUT2D eigenvalue weighted by atomic mass is 10.2. The number of nitrogens with zero attached hydrogens (tertiary/aromatic N) is 2. The highest BCUT2D eigenvalue weighted by Crippen LogP contribution is 2.29. The highest BCUT2D eigenvalue weighted by molar-refractivity contribution is 5.89. The summed E-state index contributed by atoms with van der Waals surface area (Å²) in [5, 5.41) is 0.406. The van der Waals surface area contributed by atoms with Crippen LogP contribution in [0.2, 0.25) is 0 Å². The van der Waals surface area contributed by atoms with Gasteiger partial charge in [-0.25, -0.2) is 4.98 Å². The second-order valence-electron chi connectivity index (χ2n) is 4.45. The number of hydrogen-bond acceptors (Lipinski definition) is 4. The lowest BCUT2D eigenvalue weighted by Crippen LogP contribution is -2.19. The minimum atomic E-state index is -0.193. The molecule has 0 aliphatic rings. The van der Waals surface area contributed by atoms with Gasteiger partial charge in [0.15, 0.2) is 0 Å². The number of benzene rings is 2. The number of rotatable bonds is 3. The number of ether oxygens (including phenoxy) is 2. The van der Waals surface area contributed by atoms with Gasteiger partial charge in [-0.2, -0.15) is 0 Å². The minimum absolute atomic E-state index is 0.193. The van der Waals surface area contributed by atoms with Crippen molar-refractivity contribution in [1.29, 1.82) is 0 Å². The first kappa shape index (κ1) is 13.2. The number of hydrogen-bond donors (Lipinski definition) is 0. The Morgan fingerprint density at radius 3 is 2.29 bits per heavy atom. The molecule has 1 aromatic heterocycles. The van der Waals surface area contributed by atoms with Crippen molar-refractivity contribution in [2.24, 2.45) is 0 Å². The van der Waals surface area contributed by atoms with Crippen molar-refractivity contribution in [1.82, 2.24) is 9.55 Å². The van der Waals surface area contributed by atoms with E-state index in [-0.39, 0.29) is 5.56 Å². The van der Waals surface area contributed by atoms with E-state index in [0.717, 1.165) is 5.69 Å². The Labute approximate surface area is 121 Å². The summed E-state index contributed by atoms with van der Waals surface area (Å²) in [6.45, 7) is 0. The van der Waals surface area contributed by atoms with Gasteiger partial charge in [-0.05, 0) is 24.3 Å². The summed E-state index contributed by atoms with van der Waals surface area (Å²) in [5.74, 6) is 1.02. The normalized spacial score (nSPS) is 10.6. The number of fused-ring (bicyclic) bond motifs is 1. The van der Waals surface area contributed by atoms with Crippen LogP contribution in [-0.2, 0) is 0 Å². The van der Waals surface area contributed by atoms with E-state index in [9.17, 15) is 4.79 Å². The smallest absolute Gasteiger partial charge is 0.269 e. The molecular formula is C16H14N2O3. The first-order valence-corrected chi connectivity index (χ1v) is 6.44. The number of aromatic nitrogens is 2. The third kappa shape index (κ3) is 2.12. The summed E-state index contributed by atoms with van der Waals surface area (Å²) in [5.41, 5.74) is 1.05. The largest absolute Gasteiger partial charge is 0.496 e. The molecule has 0 bridgehead atoms. The number of methoxy groups -OCH3 is 2. The van der Waals surface area contributed by atoms with Gasteiger partial charge in [0, 0.05) is 0 Å². The summed E-state index contributed by atoms with van der Waals surface area (Å²) < 4.78 is 12.0. The molecule has 0 fully saturated rings. The Hall–Kier alpha value is -2.82. The maximum absolute atomic E-state index is 12.8. The van der Waals surface area contributed by atoms with Gasteiger partial charge in [0.2, 0.25) is 0 Å². The molecule has 0 amide bonds. The standard InChI is InChI=1S/C16H14N2O3/c1-20-12-8-9-13(21-2)15-14(12)16(19)18(10-17-15)11-6-4-3-5-7-11/h3-10H,1-2H3. The van der Waals surface area contributed by atoms with E-state index >= 15 is 0 Å². The van der Waals surface area contributed by atoms with E-state index in [1.165, 1.54) is 18.0 Å². The molecular weight excluding hydrogens is 268 g/mol. The van der Waals surface area contributed by atoms with Crippen molar-refractivity contribution in [3.8, 4) is 17.2 Å². The second kappa shape index (κ2) is 5.28. The molecule has 106 valence electrons. The quantitative estimate of drug-likeness (QED) is 0.740. The van der Waals surface area contributed by atoms with Crippen molar-refractivity contribution in [3.63, 3.8) is 0 Å². The Morgan fingerprint density at radius 2 is 1.62 bits per heavy atom. The molecule has 0 unspecified atom stereocenters. The third-order valence-electron chi connectivity index (χ3n) is 3.31. The van der Waals surface area contributed by atoms with Gasteiger partial charge in [-0.15, -0.1) is 0 Å². The van der Waals surface area contributed by atoms with Crippen molar-refractivity contribution >= 4 is 10.9 Å². The van der Waals surface area contributed by atoms with Gasteiger partial charge in [0.25, 0.3) is 5.56 Å². The van der Waals surface area contributed by atoms with Gasteiger partial charge in [0.1, 0.15) is 28.7 Å². The van der Waals surface area contributed by atoms with Crippen LogP contribution in [0.25, 0.3) is 16.6 Å². The van der Waals surface area contributed by atoms with Crippen LogP contribution in [-0.4, -0.2) is 23.8 Å². The Morgan fingerprint density at radius 1 is 0.952 bits per heavy atom. The van der Waals surface area contributed by atoms with Crippen molar-refractivity contribution < 1.29 is 9.47 Å². The Bertz CT molecular complexity index is 841. The predicted octanol–water partition coefficient (Wildman–Crippen LogP) is 2.40. The minimum Gasteiger partial charge on any atom is -0.496 e. The summed E-state index contributed by atoms with van der Waals surface area (Å²) in [4.78, 5) is 17.1. The Balaban J connectivity index is 2.37. The molecule has 5 heteroatoms. The van der Waals surface area contributed by atoms with E-state index in [4.69, 9.17) is 9.47 Å². The molecule has 0 N–H and O–H groups in total. The fourth-order valence-electron chi connectivity index (χ4n) is 2.28. The maximum atomic E-state index is 12.8. The molecule has 0 radical (unpaired) electrons. The summed E-state index contributed by atoms with van der Waals surface area (Å²) in [6, 6.07) is 12.8. The molecule has 3 aromatic rings. The van der Waals surface area contributed by atoms with E-state index in [1.54, 1.807) is 19.2 Å². The molecule has 0 spiro atoms. The van der Waals surface area contributed by atoms with E-state index in [0.29, 0.717) is 22.4 Å². The lowest BCUT2D eigenvalue weighted by molar-refractivity contribution is 0.409. The van der Waals surface area contributed by atoms with Gasteiger partial charge >= 0.3 is 0 Å². The molecule has 0 saturated carbocycles. The first-order chi connectivity index (χ1) is 10.3. The fourth-order valence-corrected chi connectivity index (χ4v) is 2.28. The molecule has 5 nitrogen and oxygen atoms in total. The van der Waals surface area contributed by atoms with Crippen LogP contribution in [0.15, 0.2) is 53.6 Å². The van der Waals surface area contributed by atoms with Crippen LogP contribution in [0.3, 0.4) is 0 Å². The molecule has 0 aliphatic carbocycles. The average molecular weight is 282 g/mol. The molecule has 21 heavy (non-hydrogen) atoms. The summed E-state index contributed by atoms with van der Waals surface area (Å²) in [6.07, 6.45) is 1.50. The first-order valence-electron chi connectivity index (χ1n) is 6.44. The molecule has 3 rings (SSSR count). The number of para-hydroxylation sites is 1. The van der Waals surface area contributed by atoms with Gasteiger partial charge < -0.3 is 9.47 Å². The van der Waals surface area contributed by atoms with E-state index in [1.807, 2.05) is 30.3 Å². The zero-order valence-electron chi connectivity index (χ0n) is 11.7. The molecule has 0 saturated heterocycles. The highest BCUT2D eigenvalue weighted by atomic mass is 16.5. The summed E-state index contributed by atoms with van der Waals surface area (Å²) >= 11 is 0. The third-order valence-corrected chi connectivity index (χ3v) is 3.31. The lowest BCUT2D eigenvalue weighted by Gasteiger charge is -2.11. The second-order valence-corrected chi connectivity index (χ2v) is 4.45. The van der Waals surface area contributed by atoms with Crippen LogP contribution in [0.1, 0.15) is 0 Å². The topological polar surface area (TPSA) is 53.4 Å². The monoisotopic (exact) mass is 282 g/mol. The van der Waals surface area contributed by atoms with E-state index < -0.39 is 0 Å².